The Hall–Kier alpha value is -2.36. The molecule has 1 aromatic heterocycles. The summed E-state index contributed by atoms with van der Waals surface area (Å²) in [6, 6.07) is 8.39. The molecule has 2 heterocycles. The summed E-state index contributed by atoms with van der Waals surface area (Å²) in [5.41, 5.74) is 2.79. The van der Waals surface area contributed by atoms with Crippen molar-refractivity contribution in [3.63, 3.8) is 0 Å². The molecule has 1 aliphatic heterocycles. The Kier molecular flexibility index (Phi) is 4.80. The van der Waals surface area contributed by atoms with Crippen LogP contribution in [0.15, 0.2) is 43.1 Å². The lowest BCUT2D eigenvalue weighted by Gasteiger charge is -2.38. The van der Waals surface area contributed by atoms with E-state index in [2.05, 4.69) is 47.7 Å². The van der Waals surface area contributed by atoms with Crippen LogP contribution in [0.3, 0.4) is 0 Å². The van der Waals surface area contributed by atoms with E-state index in [1.807, 2.05) is 24.9 Å². The van der Waals surface area contributed by atoms with E-state index in [1.165, 1.54) is 5.56 Å². The highest BCUT2D eigenvalue weighted by Gasteiger charge is 2.36. The highest BCUT2D eigenvalue weighted by Crippen LogP contribution is 2.34. The van der Waals surface area contributed by atoms with E-state index in [0.29, 0.717) is 0 Å². The summed E-state index contributed by atoms with van der Waals surface area (Å²) in [4.78, 5) is 23.0. The number of benzene rings is 1. The van der Waals surface area contributed by atoms with Gasteiger partial charge in [-0.1, -0.05) is 35.9 Å². The SMILES string of the molecule is C=CC(C)(C)C(=O)N1CCCCC1c1ncc(-c2ccc(C)cc2)[nH]1. The molecule has 1 N–H and O–H groups in total. The molecule has 1 saturated heterocycles. The van der Waals surface area contributed by atoms with Crippen LogP contribution in [0.5, 0.6) is 0 Å². The zero-order valence-electron chi connectivity index (χ0n) is 15.4. The molecule has 25 heavy (non-hydrogen) atoms. The highest BCUT2D eigenvalue weighted by molar-refractivity contribution is 5.84. The van der Waals surface area contributed by atoms with Gasteiger partial charge in [0.15, 0.2) is 0 Å². The summed E-state index contributed by atoms with van der Waals surface area (Å²) in [5.74, 6) is 1.00. The predicted molar refractivity (Wildman–Crippen MR) is 101 cm³/mol. The molecule has 132 valence electrons. The van der Waals surface area contributed by atoms with Crippen LogP contribution in [0.2, 0.25) is 0 Å². The predicted octanol–water partition coefficient (Wildman–Crippen LogP) is 4.65. The number of rotatable bonds is 4. The highest BCUT2D eigenvalue weighted by atomic mass is 16.2. The quantitative estimate of drug-likeness (QED) is 0.826. The van der Waals surface area contributed by atoms with Gasteiger partial charge in [-0.15, -0.1) is 6.58 Å². The van der Waals surface area contributed by atoms with E-state index < -0.39 is 5.41 Å². The fourth-order valence-corrected chi connectivity index (χ4v) is 3.30. The van der Waals surface area contributed by atoms with Crippen molar-refractivity contribution >= 4 is 5.91 Å². The standard InChI is InChI=1S/C21H27N3O/c1-5-21(3,4)20(25)24-13-7-6-8-18(24)19-22-14-17(23-19)16-11-9-15(2)10-12-16/h5,9-12,14,18H,1,6-8,13H2,2-4H3,(H,22,23). The molecule has 4 nitrogen and oxygen atoms in total. The lowest BCUT2D eigenvalue weighted by molar-refractivity contribution is -0.142. The number of hydrogen-bond acceptors (Lipinski definition) is 2. The Morgan fingerprint density at radius 2 is 2.04 bits per heavy atom. The number of amides is 1. The molecule has 1 atom stereocenters. The van der Waals surface area contributed by atoms with Crippen molar-refractivity contribution in [3.8, 4) is 11.3 Å². The minimum absolute atomic E-state index is 0.0136. The van der Waals surface area contributed by atoms with Crippen molar-refractivity contribution in [1.82, 2.24) is 14.9 Å². The van der Waals surface area contributed by atoms with Crippen LogP contribution in [-0.2, 0) is 4.79 Å². The Balaban J connectivity index is 1.87. The zero-order chi connectivity index (χ0) is 18.0. The summed E-state index contributed by atoms with van der Waals surface area (Å²) in [6.45, 7) is 10.5. The van der Waals surface area contributed by atoms with E-state index in [1.54, 1.807) is 6.08 Å². The number of aromatic nitrogens is 2. The lowest BCUT2D eigenvalue weighted by Crippen LogP contribution is -2.45. The Labute approximate surface area is 150 Å². The third kappa shape index (κ3) is 3.53. The van der Waals surface area contributed by atoms with E-state index in [-0.39, 0.29) is 11.9 Å². The number of H-pyrrole nitrogens is 1. The molecule has 1 unspecified atom stereocenters. The number of piperidine rings is 1. The fraction of sp³-hybridized carbons (Fsp3) is 0.429. The normalized spacial score (nSPS) is 18.2. The molecule has 1 aliphatic rings. The maximum absolute atomic E-state index is 13.0. The number of likely N-dealkylation sites (tertiary alicyclic amines) is 1. The minimum atomic E-state index is -0.554. The summed E-state index contributed by atoms with van der Waals surface area (Å²) < 4.78 is 0. The van der Waals surface area contributed by atoms with Crippen molar-refractivity contribution in [3.05, 3.63) is 54.5 Å². The van der Waals surface area contributed by atoms with Gasteiger partial charge in [-0.05, 0) is 45.6 Å². The molecule has 0 saturated carbocycles. The number of nitrogens with one attached hydrogen (secondary N) is 1. The summed E-state index contributed by atoms with van der Waals surface area (Å²) in [6.07, 6.45) is 6.71. The molecule has 0 bridgehead atoms. The molecular formula is C21H27N3O. The van der Waals surface area contributed by atoms with Gasteiger partial charge in [0.2, 0.25) is 5.91 Å². The smallest absolute Gasteiger partial charge is 0.232 e. The van der Waals surface area contributed by atoms with Gasteiger partial charge in [0.05, 0.1) is 23.3 Å². The molecule has 1 fully saturated rings. The molecule has 0 aliphatic carbocycles. The van der Waals surface area contributed by atoms with Crippen LogP contribution in [0.4, 0.5) is 0 Å². The van der Waals surface area contributed by atoms with Crippen LogP contribution >= 0.6 is 0 Å². The molecule has 4 heteroatoms. The molecular weight excluding hydrogens is 310 g/mol. The number of aromatic amines is 1. The zero-order valence-corrected chi connectivity index (χ0v) is 15.4. The first-order valence-electron chi connectivity index (χ1n) is 8.99. The van der Waals surface area contributed by atoms with Gasteiger partial charge in [-0.25, -0.2) is 4.98 Å². The number of carbonyl (C=O) groups is 1. The lowest BCUT2D eigenvalue weighted by atomic mass is 9.89. The van der Waals surface area contributed by atoms with E-state index in [4.69, 9.17) is 0 Å². The first kappa shape index (κ1) is 17.5. The number of nitrogens with zero attached hydrogens (tertiary/aromatic N) is 2. The second-order valence-electron chi connectivity index (χ2n) is 7.48. The van der Waals surface area contributed by atoms with Gasteiger partial charge in [0.25, 0.3) is 0 Å². The van der Waals surface area contributed by atoms with Crippen molar-refractivity contribution in [2.24, 2.45) is 5.41 Å². The summed E-state index contributed by atoms with van der Waals surface area (Å²) in [5, 5.41) is 0. The van der Waals surface area contributed by atoms with E-state index in [9.17, 15) is 4.79 Å². The summed E-state index contributed by atoms with van der Waals surface area (Å²) >= 11 is 0. The van der Waals surface area contributed by atoms with Crippen LogP contribution in [0.25, 0.3) is 11.3 Å². The van der Waals surface area contributed by atoms with Crippen molar-refractivity contribution in [2.75, 3.05) is 6.54 Å². The number of carbonyl (C=O) groups excluding carboxylic acids is 1. The van der Waals surface area contributed by atoms with E-state index >= 15 is 0 Å². The number of imidazole rings is 1. The van der Waals surface area contributed by atoms with Crippen LogP contribution in [0, 0.1) is 12.3 Å². The molecule has 1 aromatic carbocycles. The van der Waals surface area contributed by atoms with Gasteiger partial charge in [0.1, 0.15) is 5.82 Å². The van der Waals surface area contributed by atoms with E-state index in [0.717, 1.165) is 42.9 Å². The van der Waals surface area contributed by atoms with Crippen LogP contribution in [-0.4, -0.2) is 27.3 Å². The molecule has 0 radical (unpaired) electrons. The third-order valence-electron chi connectivity index (χ3n) is 5.10. The Morgan fingerprint density at radius 1 is 1.32 bits per heavy atom. The molecule has 2 aromatic rings. The molecule has 0 spiro atoms. The first-order valence-corrected chi connectivity index (χ1v) is 8.99. The maximum Gasteiger partial charge on any atom is 0.232 e. The molecule has 3 rings (SSSR count). The largest absolute Gasteiger partial charge is 0.340 e. The number of hydrogen-bond donors (Lipinski definition) is 1. The van der Waals surface area contributed by atoms with Gasteiger partial charge in [-0.3, -0.25) is 4.79 Å². The maximum atomic E-state index is 13.0. The van der Waals surface area contributed by atoms with Crippen LogP contribution in [0.1, 0.15) is 50.5 Å². The second-order valence-corrected chi connectivity index (χ2v) is 7.48. The fourth-order valence-electron chi connectivity index (χ4n) is 3.30. The van der Waals surface area contributed by atoms with Gasteiger partial charge in [0, 0.05) is 6.54 Å². The van der Waals surface area contributed by atoms with Crippen LogP contribution < -0.4 is 0 Å². The van der Waals surface area contributed by atoms with Gasteiger partial charge in [-0.2, -0.15) is 0 Å². The minimum Gasteiger partial charge on any atom is -0.340 e. The molecule has 1 amide bonds. The topological polar surface area (TPSA) is 49.0 Å². The first-order chi connectivity index (χ1) is 11.9. The third-order valence-corrected chi connectivity index (χ3v) is 5.10. The van der Waals surface area contributed by atoms with Crippen molar-refractivity contribution in [1.29, 1.82) is 0 Å². The summed E-state index contributed by atoms with van der Waals surface area (Å²) in [7, 11) is 0. The Morgan fingerprint density at radius 3 is 2.72 bits per heavy atom. The van der Waals surface area contributed by atoms with Gasteiger partial charge >= 0.3 is 0 Å². The monoisotopic (exact) mass is 337 g/mol. The Bertz CT molecular complexity index is 758. The average Bonchev–Trinajstić information content (AvgIpc) is 3.11. The van der Waals surface area contributed by atoms with Gasteiger partial charge < -0.3 is 9.88 Å². The number of aryl methyl sites for hydroxylation is 1. The average molecular weight is 337 g/mol. The second kappa shape index (κ2) is 6.87. The van der Waals surface area contributed by atoms with Crippen molar-refractivity contribution in [2.45, 2.75) is 46.1 Å². The van der Waals surface area contributed by atoms with Crippen molar-refractivity contribution < 1.29 is 4.79 Å².